The van der Waals surface area contributed by atoms with Gasteiger partial charge in [0, 0.05) is 45.4 Å². The zero-order valence-corrected chi connectivity index (χ0v) is 13.6. The molecule has 1 fully saturated rings. The fourth-order valence-electron chi connectivity index (χ4n) is 2.84. The molecule has 1 atom stereocenters. The lowest BCUT2D eigenvalue weighted by molar-refractivity contribution is -0.384. The maximum atomic E-state index is 13.7. The third-order valence-corrected chi connectivity index (χ3v) is 4.13. The maximum absolute atomic E-state index is 13.7. The molecule has 0 radical (unpaired) electrons. The topological polar surface area (TPSA) is 68.1 Å². The zero-order chi connectivity index (χ0) is 17.0. The largest absolute Gasteiger partial charge is 0.494 e. The summed E-state index contributed by atoms with van der Waals surface area (Å²) in [5.41, 5.74) is 0.161. The highest BCUT2D eigenvalue weighted by molar-refractivity contribution is 5.66. The van der Waals surface area contributed by atoms with Crippen molar-refractivity contribution in [1.29, 1.82) is 0 Å². The SMILES string of the molecule is COC[C@H](C)N1CCN(c2cc(OC)c(F)cc2[N+](=O)[O-])CC1. The molecular weight excluding hydrogens is 305 g/mol. The molecule has 1 aliphatic heterocycles. The fraction of sp³-hybridized carbons (Fsp3) is 0.600. The van der Waals surface area contributed by atoms with Crippen molar-refractivity contribution in [2.75, 3.05) is 51.9 Å². The number of nitrogens with zero attached hydrogens (tertiary/aromatic N) is 3. The Morgan fingerprint density at radius 2 is 1.96 bits per heavy atom. The summed E-state index contributed by atoms with van der Waals surface area (Å²) < 4.78 is 23.9. The first-order chi connectivity index (χ1) is 11.0. The first-order valence-corrected chi connectivity index (χ1v) is 7.47. The average Bonchev–Trinajstić information content (AvgIpc) is 2.55. The number of benzene rings is 1. The number of methoxy groups -OCH3 is 2. The molecule has 23 heavy (non-hydrogen) atoms. The highest BCUT2D eigenvalue weighted by Gasteiger charge is 2.27. The lowest BCUT2D eigenvalue weighted by Crippen LogP contribution is -2.50. The number of ether oxygens (including phenoxy) is 2. The van der Waals surface area contributed by atoms with Crippen molar-refractivity contribution in [3.8, 4) is 5.75 Å². The van der Waals surface area contributed by atoms with Crippen LogP contribution in [0.25, 0.3) is 0 Å². The van der Waals surface area contributed by atoms with E-state index in [1.54, 1.807) is 7.11 Å². The van der Waals surface area contributed by atoms with Crippen LogP contribution in [-0.4, -0.2) is 62.9 Å². The quantitative estimate of drug-likeness (QED) is 0.587. The zero-order valence-electron chi connectivity index (χ0n) is 13.6. The van der Waals surface area contributed by atoms with Gasteiger partial charge in [-0.3, -0.25) is 15.0 Å². The number of halogens is 1. The predicted octanol–water partition coefficient (Wildman–Crippen LogP) is 1.90. The lowest BCUT2D eigenvalue weighted by Gasteiger charge is -2.38. The van der Waals surface area contributed by atoms with Crippen LogP contribution in [0.15, 0.2) is 12.1 Å². The molecule has 7 nitrogen and oxygen atoms in total. The van der Waals surface area contributed by atoms with Gasteiger partial charge in [-0.2, -0.15) is 0 Å². The van der Waals surface area contributed by atoms with Gasteiger partial charge in [0.25, 0.3) is 5.69 Å². The second-order valence-corrected chi connectivity index (χ2v) is 5.56. The molecular formula is C15H22FN3O4. The molecule has 0 saturated carbocycles. The van der Waals surface area contributed by atoms with Crippen LogP contribution in [0.4, 0.5) is 15.8 Å². The van der Waals surface area contributed by atoms with Gasteiger partial charge < -0.3 is 14.4 Å². The Hall–Kier alpha value is -1.93. The van der Waals surface area contributed by atoms with E-state index in [0.717, 1.165) is 19.2 Å². The number of nitro benzene ring substituents is 1. The summed E-state index contributed by atoms with van der Waals surface area (Å²) in [4.78, 5) is 14.8. The molecule has 1 aromatic carbocycles. The van der Waals surface area contributed by atoms with Gasteiger partial charge in [0.1, 0.15) is 5.69 Å². The molecule has 0 spiro atoms. The summed E-state index contributed by atoms with van der Waals surface area (Å²) in [6.07, 6.45) is 0. The molecule has 1 saturated heterocycles. The van der Waals surface area contributed by atoms with E-state index >= 15 is 0 Å². The van der Waals surface area contributed by atoms with Gasteiger partial charge in [0.05, 0.1) is 24.7 Å². The molecule has 1 aliphatic rings. The van der Waals surface area contributed by atoms with E-state index in [2.05, 4.69) is 11.8 Å². The van der Waals surface area contributed by atoms with Crippen molar-refractivity contribution < 1.29 is 18.8 Å². The molecule has 2 rings (SSSR count). The van der Waals surface area contributed by atoms with Crippen LogP contribution in [0.1, 0.15) is 6.92 Å². The van der Waals surface area contributed by atoms with Crippen LogP contribution >= 0.6 is 0 Å². The van der Waals surface area contributed by atoms with Gasteiger partial charge >= 0.3 is 0 Å². The lowest BCUT2D eigenvalue weighted by atomic mass is 10.1. The standard InChI is InChI=1S/C15H22FN3O4/c1-11(10-22-2)17-4-6-18(7-5-17)13-9-15(23-3)12(16)8-14(13)19(20)21/h8-9,11H,4-7,10H2,1-3H3/t11-/m0/s1. The van der Waals surface area contributed by atoms with E-state index in [-0.39, 0.29) is 11.4 Å². The van der Waals surface area contributed by atoms with Crippen molar-refractivity contribution >= 4 is 11.4 Å². The van der Waals surface area contributed by atoms with Gasteiger partial charge in [0.2, 0.25) is 0 Å². The van der Waals surface area contributed by atoms with E-state index in [9.17, 15) is 14.5 Å². The highest BCUT2D eigenvalue weighted by Crippen LogP contribution is 2.35. The molecule has 1 aromatic rings. The minimum absolute atomic E-state index is 0.0146. The average molecular weight is 327 g/mol. The Bertz CT molecular complexity index is 562. The van der Waals surface area contributed by atoms with Crippen LogP contribution in [0.3, 0.4) is 0 Å². The van der Waals surface area contributed by atoms with E-state index in [0.29, 0.717) is 31.4 Å². The Balaban J connectivity index is 2.18. The summed E-state index contributed by atoms with van der Waals surface area (Å²) in [6.45, 7) is 5.52. The summed E-state index contributed by atoms with van der Waals surface area (Å²) in [5.74, 6) is -0.712. The second kappa shape index (κ2) is 7.56. The van der Waals surface area contributed by atoms with Crippen LogP contribution in [-0.2, 0) is 4.74 Å². The third-order valence-electron chi connectivity index (χ3n) is 4.13. The summed E-state index contributed by atoms with van der Waals surface area (Å²) in [6, 6.07) is 2.62. The monoisotopic (exact) mass is 327 g/mol. The summed E-state index contributed by atoms with van der Waals surface area (Å²) >= 11 is 0. The van der Waals surface area contributed by atoms with Crippen LogP contribution in [0.5, 0.6) is 5.75 Å². The molecule has 0 aromatic heterocycles. The Morgan fingerprint density at radius 3 is 2.48 bits per heavy atom. The van der Waals surface area contributed by atoms with Crippen molar-refractivity contribution in [1.82, 2.24) is 4.90 Å². The molecule has 1 heterocycles. The molecule has 8 heteroatoms. The van der Waals surface area contributed by atoms with Crippen molar-refractivity contribution in [2.24, 2.45) is 0 Å². The van der Waals surface area contributed by atoms with E-state index < -0.39 is 10.7 Å². The van der Waals surface area contributed by atoms with Crippen LogP contribution in [0.2, 0.25) is 0 Å². The number of nitro groups is 1. The molecule has 128 valence electrons. The predicted molar refractivity (Wildman–Crippen MR) is 84.7 cm³/mol. The smallest absolute Gasteiger partial charge is 0.295 e. The number of anilines is 1. The first kappa shape index (κ1) is 17.4. The number of rotatable bonds is 6. The number of piperazine rings is 1. The van der Waals surface area contributed by atoms with Crippen molar-refractivity contribution in [2.45, 2.75) is 13.0 Å². The number of hydrogen-bond donors (Lipinski definition) is 0. The van der Waals surface area contributed by atoms with Gasteiger partial charge in [-0.05, 0) is 6.92 Å². The maximum Gasteiger partial charge on any atom is 0.295 e. The Labute approximate surface area is 134 Å². The molecule has 0 aliphatic carbocycles. The van der Waals surface area contributed by atoms with Gasteiger partial charge in [0.15, 0.2) is 11.6 Å². The van der Waals surface area contributed by atoms with Crippen LogP contribution < -0.4 is 9.64 Å². The molecule has 0 bridgehead atoms. The minimum Gasteiger partial charge on any atom is -0.494 e. The fourth-order valence-corrected chi connectivity index (χ4v) is 2.84. The van der Waals surface area contributed by atoms with Gasteiger partial charge in [-0.25, -0.2) is 4.39 Å². The Kier molecular flexibility index (Phi) is 5.73. The van der Waals surface area contributed by atoms with E-state index in [1.807, 2.05) is 4.90 Å². The third kappa shape index (κ3) is 3.89. The number of hydrogen-bond acceptors (Lipinski definition) is 6. The van der Waals surface area contributed by atoms with Crippen molar-refractivity contribution in [3.63, 3.8) is 0 Å². The molecule has 0 unspecified atom stereocenters. The normalized spacial score (nSPS) is 17.1. The summed E-state index contributed by atoms with van der Waals surface area (Å²) in [5, 5.41) is 11.2. The van der Waals surface area contributed by atoms with Crippen molar-refractivity contribution in [3.05, 3.63) is 28.1 Å². The minimum atomic E-state index is -0.727. The van der Waals surface area contributed by atoms with Gasteiger partial charge in [-0.15, -0.1) is 0 Å². The second-order valence-electron chi connectivity index (χ2n) is 5.56. The molecule has 0 N–H and O–H groups in total. The Morgan fingerprint density at radius 1 is 1.30 bits per heavy atom. The summed E-state index contributed by atoms with van der Waals surface area (Å²) in [7, 11) is 3.01. The van der Waals surface area contributed by atoms with E-state index in [1.165, 1.54) is 13.2 Å². The van der Waals surface area contributed by atoms with E-state index in [4.69, 9.17) is 9.47 Å². The van der Waals surface area contributed by atoms with Crippen LogP contribution in [0, 0.1) is 15.9 Å². The van der Waals surface area contributed by atoms with Gasteiger partial charge in [-0.1, -0.05) is 0 Å². The highest BCUT2D eigenvalue weighted by atomic mass is 19.1. The molecule has 0 amide bonds. The first-order valence-electron chi connectivity index (χ1n) is 7.47.